The van der Waals surface area contributed by atoms with Gasteiger partial charge in [-0.2, -0.15) is 0 Å². The van der Waals surface area contributed by atoms with Crippen LogP contribution in [0, 0.1) is 0 Å². The highest BCUT2D eigenvalue weighted by Crippen LogP contribution is 2.29. The van der Waals surface area contributed by atoms with Crippen molar-refractivity contribution in [3.05, 3.63) is 78.9 Å². The van der Waals surface area contributed by atoms with Crippen LogP contribution in [0.4, 0.5) is 5.95 Å². The van der Waals surface area contributed by atoms with Crippen LogP contribution in [0.15, 0.2) is 77.5 Å². The predicted molar refractivity (Wildman–Crippen MR) is 134 cm³/mol. The van der Waals surface area contributed by atoms with Crippen molar-refractivity contribution in [2.75, 3.05) is 26.1 Å². The van der Waals surface area contributed by atoms with Gasteiger partial charge in [0.05, 0.1) is 26.2 Å². The third-order valence-electron chi connectivity index (χ3n) is 5.99. The minimum absolute atomic E-state index is 0.0320. The molecule has 1 N–H and O–H groups in total. The molecule has 0 spiro atoms. The summed E-state index contributed by atoms with van der Waals surface area (Å²) in [7, 11) is 3.22. The highest BCUT2D eigenvalue weighted by Gasteiger charge is 2.35. The number of nitrogens with one attached hydrogen (secondary N) is 1. The van der Waals surface area contributed by atoms with E-state index in [0.717, 1.165) is 35.6 Å². The van der Waals surface area contributed by atoms with Crippen molar-refractivity contribution >= 4 is 17.8 Å². The number of hydrogen-bond donors (Lipinski definition) is 1. The Balaban J connectivity index is 1.42. The van der Waals surface area contributed by atoms with Crippen molar-refractivity contribution in [3.8, 4) is 28.4 Å². The molecule has 0 bridgehead atoms. The lowest BCUT2D eigenvalue weighted by Gasteiger charge is -2.20. The van der Waals surface area contributed by atoms with Gasteiger partial charge < -0.3 is 18.8 Å². The van der Waals surface area contributed by atoms with Gasteiger partial charge in [-0.15, -0.1) is 0 Å². The normalized spacial score (nSPS) is 12.7. The van der Waals surface area contributed by atoms with Crippen molar-refractivity contribution in [2.45, 2.75) is 18.9 Å². The van der Waals surface area contributed by atoms with E-state index >= 15 is 0 Å². The number of rotatable bonds is 9. The predicted octanol–water partition coefficient (Wildman–Crippen LogP) is 4.39. The molecule has 36 heavy (non-hydrogen) atoms. The summed E-state index contributed by atoms with van der Waals surface area (Å²) in [5.41, 5.74) is 2.34. The first kappa shape index (κ1) is 23.2. The van der Waals surface area contributed by atoms with Crippen LogP contribution in [0.5, 0.6) is 11.5 Å². The van der Waals surface area contributed by atoms with Gasteiger partial charge in [0, 0.05) is 23.5 Å². The molecule has 0 atom stereocenters. The van der Waals surface area contributed by atoms with E-state index in [2.05, 4.69) is 5.32 Å². The third-order valence-corrected chi connectivity index (χ3v) is 5.99. The van der Waals surface area contributed by atoms with Crippen LogP contribution in [0.25, 0.3) is 16.9 Å². The number of amides is 2. The molecule has 9 heteroatoms. The molecule has 0 radical (unpaired) electrons. The van der Waals surface area contributed by atoms with E-state index in [9.17, 15) is 9.59 Å². The molecule has 2 heterocycles. The zero-order chi connectivity index (χ0) is 25.1. The Morgan fingerprint density at radius 3 is 2.28 bits per heavy atom. The zero-order valence-electron chi connectivity index (χ0n) is 20.0. The van der Waals surface area contributed by atoms with Crippen LogP contribution in [0.2, 0.25) is 0 Å². The first-order valence-corrected chi connectivity index (χ1v) is 11.6. The number of carbonyl (C=O) groups excluding carboxylic acids is 2. The number of ether oxygens (including phenoxy) is 2. The van der Waals surface area contributed by atoms with E-state index in [-0.39, 0.29) is 30.2 Å². The monoisotopic (exact) mass is 486 g/mol. The minimum atomic E-state index is -0.344. The lowest BCUT2D eigenvalue weighted by Crippen LogP contribution is -2.39. The summed E-state index contributed by atoms with van der Waals surface area (Å²) in [6.45, 7) is -0.0997. The molecule has 0 saturated heterocycles. The Morgan fingerprint density at radius 1 is 1.03 bits per heavy atom. The molecule has 1 saturated carbocycles. The van der Waals surface area contributed by atoms with Gasteiger partial charge in [-0.05, 0) is 73.5 Å². The number of methoxy groups -OCH3 is 2. The number of benzene rings is 2. The lowest BCUT2D eigenvalue weighted by molar-refractivity contribution is -0.117. The molecule has 2 aromatic carbocycles. The highest BCUT2D eigenvalue weighted by molar-refractivity contribution is 5.98. The summed E-state index contributed by atoms with van der Waals surface area (Å²) >= 11 is 0. The fourth-order valence-electron chi connectivity index (χ4n) is 3.92. The highest BCUT2D eigenvalue weighted by atomic mass is 16.5. The maximum Gasteiger partial charge on any atom is 0.290 e. The zero-order valence-corrected chi connectivity index (χ0v) is 20.0. The topological polar surface area (TPSA) is 98.8 Å². The van der Waals surface area contributed by atoms with Crippen molar-refractivity contribution in [1.29, 1.82) is 0 Å². The Hall–Kier alpha value is -4.53. The van der Waals surface area contributed by atoms with Crippen LogP contribution in [0.3, 0.4) is 0 Å². The first-order valence-electron chi connectivity index (χ1n) is 11.6. The summed E-state index contributed by atoms with van der Waals surface area (Å²) in [6.07, 6.45) is 5.03. The van der Waals surface area contributed by atoms with Crippen molar-refractivity contribution in [2.24, 2.45) is 0 Å². The third kappa shape index (κ3) is 4.95. The van der Waals surface area contributed by atoms with Crippen LogP contribution in [0.1, 0.15) is 23.4 Å². The smallest absolute Gasteiger partial charge is 0.290 e. The second-order valence-electron chi connectivity index (χ2n) is 8.44. The minimum Gasteiger partial charge on any atom is -0.497 e. The van der Waals surface area contributed by atoms with Crippen LogP contribution in [-0.2, 0) is 4.79 Å². The Bertz CT molecular complexity index is 1340. The molecule has 1 aliphatic rings. The van der Waals surface area contributed by atoms with E-state index in [0.29, 0.717) is 11.6 Å². The summed E-state index contributed by atoms with van der Waals surface area (Å²) in [5, 5.41) is 2.90. The van der Waals surface area contributed by atoms with E-state index in [1.54, 1.807) is 35.8 Å². The average molecular weight is 487 g/mol. The molecule has 1 fully saturated rings. The maximum atomic E-state index is 13.1. The summed E-state index contributed by atoms with van der Waals surface area (Å²) in [4.78, 5) is 32.2. The van der Waals surface area contributed by atoms with Crippen LogP contribution < -0.4 is 14.8 Å². The van der Waals surface area contributed by atoms with Gasteiger partial charge in [0.25, 0.3) is 5.91 Å². The van der Waals surface area contributed by atoms with Crippen LogP contribution >= 0.6 is 0 Å². The Kier molecular flexibility index (Phi) is 6.44. The SMILES string of the molecule is COc1ccc(-c2cn(-c3ccc(OC)cc3)c(NC(=O)CN(C(=O)c3ccco3)C3CC3)n2)cc1. The molecule has 184 valence electrons. The van der Waals surface area contributed by atoms with Crippen molar-refractivity contribution in [3.63, 3.8) is 0 Å². The number of hydrogen-bond acceptors (Lipinski definition) is 6. The molecule has 1 aliphatic carbocycles. The molecule has 9 nitrogen and oxygen atoms in total. The second-order valence-corrected chi connectivity index (χ2v) is 8.44. The lowest BCUT2D eigenvalue weighted by atomic mass is 10.1. The molecular formula is C27H26N4O5. The second kappa shape index (κ2) is 9.99. The molecular weight excluding hydrogens is 460 g/mol. The number of anilines is 1. The van der Waals surface area contributed by atoms with Gasteiger partial charge in [-0.3, -0.25) is 19.5 Å². The van der Waals surface area contributed by atoms with Crippen molar-refractivity contribution < 1.29 is 23.5 Å². The average Bonchev–Trinajstić information content (AvgIpc) is 3.43. The van der Waals surface area contributed by atoms with Gasteiger partial charge in [-0.25, -0.2) is 4.98 Å². The van der Waals surface area contributed by atoms with Gasteiger partial charge in [0.15, 0.2) is 5.76 Å². The molecule has 2 amide bonds. The fourth-order valence-corrected chi connectivity index (χ4v) is 3.92. The van der Waals surface area contributed by atoms with E-state index < -0.39 is 0 Å². The summed E-state index contributed by atoms with van der Waals surface area (Å²) in [5.74, 6) is 1.38. The number of imidazole rings is 1. The van der Waals surface area contributed by atoms with Crippen molar-refractivity contribution in [1.82, 2.24) is 14.5 Å². The maximum absolute atomic E-state index is 13.1. The number of carbonyl (C=O) groups is 2. The molecule has 0 aliphatic heterocycles. The summed E-state index contributed by atoms with van der Waals surface area (Å²) < 4.78 is 17.6. The first-order chi connectivity index (χ1) is 17.6. The number of nitrogens with zero attached hydrogens (tertiary/aromatic N) is 3. The number of aromatic nitrogens is 2. The van der Waals surface area contributed by atoms with Gasteiger partial charge >= 0.3 is 0 Å². The van der Waals surface area contributed by atoms with E-state index in [1.807, 2.05) is 54.7 Å². The standard InChI is InChI=1S/C27H26N4O5/c1-34-21-11-5-18(6-12-21)23-16-31(20-9-13-22(35-2)14-10-20)27(28-23)29-25(32)17-30(19-7-8-19)26(33)24-4-3-15-36-24/h3-6,9-16,19H,7-8,17H2,1-2H3,(H,28,29,32). The molecule has 4 aromatic rings. The van der Waals surface area contributed by atoms with Gasteiger partial charge in [-0.1, -0.05) is 0 Å². The largest absolute Gasteiger partial charge is 0.497 e. The van der Waals surface area contributed by atoms with E-state index in [1.165, 1.54) is 6.26 Å². The van der Waals surface area contributed by atoms with Gasteiger partial charge in [0.1, 0.15) is 18.0 Å². The molecule has 0 unspecified atom stereocenters. The fraction of sp³-hybridized carbons (Fsp3) is 0.222. The molecule has 5 rings (SSSR count). The van der Waals surface area contributed by atoms with Gasteiger partial charge in [0.2, 0.25) is 11.9 Å². The Morgan fingerprint density at radius 2 is 1.69 bits per heavy atom. The number of furan rings is 1. The molecule has 2 aromatic heterocycles. The van der Waals surface area contributed by atoms with Crippen LogP contribution in [-0.4, -0.2) is 53.1 Å². The quantitative estimate of drug-likeness (QED) is 0.377. The van der Waals surface area contributed by atoms with E-state index in [4.69, 9.17) is 18.9 Å². The Labute approximate surface area is 208 Å². The summed E-state index contributed by atoms with van der Waals surface area (Å²) in [6, 6.07) is 18.2.